The van der Waals surface area contributed by atoms with Crippen molar-refractivity contribution in [2.24, 2.45) is 0 Å². The molecule has 3 heteroatoms. The van der Waals surface area contributed by atoms with Crippen LogP contribution >= 0.6 is 0 Å². The Hall–Kier alpha value is -0.590. The third-order valence-corrected chi connectivity index (χ3v) is 2.63. The third kappa shape index (κ3) is 2.98. The molecule has 0 saturated carbocycles. The predicted molar refractivity (Wildman–Crippen MR) is 53.3 cm³/mol. The van der Waals surface area contributed by atoms with Crippen molar-refractivity contribution in [3.63, 3.8) is 0 Å². The summed E-state index contributed by atoms with van der Waals surface area (Å²) in [5.74, 6) is 0. The highest BCUT2D eigenvalue weighted by Crippen LogP contribution is 2.08. The monoisotopic (exact) mass is 181 g/mol. The van der Waals surface area contributed by atoms with Crippen molar-refractivity contribution in [2.45, 2.75) is 38.8 Å². The van der Waals surface area contributed by atoms with Gasteiger partial charge in [0.15, 0.2) is 0 Å². The molecule has 0 aromatic rings. The lowest BCUT2D eigenvalue weighted by molar-refractivity contribution is 0.142. The Morgan fingerprint density at radius 3 is 3.00 bits per heavy atom. The van der Waals surface area contributed by atoms with Crippen LogP contribution in [-0.4, -0.2) is 36.6 Å². The number of nitriles is 1. The Balaban J connectivity index is 2.39. The van der Waals surface area contributed by atoms with Gasteiger partial charge in [0.05, 0.1) is 12.5 Å². The zero-order chi connectivity index (χ0) is 9.68. The lowest BCUT2D eigenvalue weighted by Crippen LogP contribution is -2.55. The van der Waals surface area contributed by atoms with Gasteiger partial charge in [0, 0.05) is 25.2 Å². The van der Waals surface area contributed by atoms with Gasteiger partial charge < -0.3 is 5.32 Å². The van der Waals surface area contributed by atoms with Gasteiger partial charge in [-0.3, -0.25) is 4.90 Å². The molecule has 13 heavy (non-hydrogen) atoms. The molecule has 1 aliphatic heterocycles. The maximum atomic E-state index is 8.59. The van der Waals surface area contributed by atoms with E-state index in [0.717, 1.165) is 19.6 Å². The van der Waals surface area contributed by atoms with Crippen LogP contribution in [0.3, 0.4) is 0 Å². The number of hydrogen-bond acceptors (Lipinski definition) is 3. The standard InChI is InChI=1S/C10H19N3/c1-3-6-13-8-10(4-5-11)12-7-9(13)2/h9-10,12H,3-4,6-8H2,1-2H3. The molecule has 0 bridgehead atoms. The summed E-state index contributed by atoms with van der Waals surface area (Å²) in [7, 11) is 0. The van der Waals surface area contributed by atoms with Crippen molar-refractivity contribution >= 4 is 0 Å². The van der Waals surface area contributed by atoms with E-state index >= 15 is 0 Å². The van der Waals surface area contributed by atoms with Gasteiger partial charge in [0.25, 0.3) is 0 Å². The average molecular weight is 181 g/mol. The first-order valence-electron chi connectivity index (χ1n) is 5.12. The molecular weight excluding hydrogens is 162 g/mol. The van der Waals surface area contributed by atoms with Crippen LogP contribution < -0.4 is 5.32 Å². The normalized spacial score (nSPS) is 29.9. The first-order valence-corrected chi connectivity index (χ1v) is 5.12. The Kier molecular flexibility index (Phi) is 4.20. The Morgan fingerprint density at radius 2 is 2.38 bits per heavy atom. The van der Waals surface area contributed by atoms with Crippen molar-refractivity contribution in [1.82, 2.24) is 10.2 Å². The maximum absolute atomic E-state index is 8.59. The number of nitrogens with one attached hydrogen (secondary N) is 1. The molecule has 1 fully saturated rings. The smallest absolute Gasteiger partial charge is 0.0638 e. The molecule has 3 nitrogen and oxygen atoms in total. The van der Waals surface area contributed by atoms with Crippen LogP contribution in [0.5, 0.6) is 0 Å². The molecule has 0 radical (unpaired) electrons. The van der Waals surface area contributed by atoms with Crippen LogP contribution in [0.2, 0.25) is 0 Å². The molecule has 1 saturated heterocycles. The quantitative estimate of drug-likeness (QED) is 0.705. The molecule has 0 aliphatic carbocycles. The van der Waals surface area contributed by atoms with E-state index in [0.29, 0.717) is 18.5 Å². The predicted octanol–water partition coefficient (Wildman–Crippen LogP) is 0.972. The second-order valence-corrected chi connectivity index (χ2v) is 3.81. The second-order valence-electron chi connectivity index (χ2n) is 3.81. The number of nitrogens with zero attached hydrogens (tertiary/aromatic N) is 2. The summed E-state index contributed by atoms with van der Waals surface area (Å²) >= 11 is 0. The van der Waals surface area contributed by atoms with Crippen LogP contribution in [0.25, 0.3) is 0 Å². The molecule has 2 atom stereocenters. The molecular formula is C10H19N3. The van der Waals surface area contributed by atoms with Crippen molar-refractivity contribution in [1.29, 1.82) is 5.26 Å². The van der Waals surface area contributed by atoms with Gasteiger partial charge in [-0.2, -0.15) is 5.26 Å². The summed E-state index contributed by atoms with van der Waals surface area (Å²) in [6, 6.07) is 3.23. The first kappa shape index (κ1) is 10.5. The van der Waals surface area contributed by atoms with Crippen LogP contribution in [0.1, 0.15) is 26.7 Å². The van der Waals surface area contributed by atoms with Crippen molar-refractivity contribution < 1.29 is 0 Å². The number of hydrogen-bond donors (Lipinski definition) is 1. The van der Waals surface area contributed by atoms with Crippen molar-refractivity contribution in [3.8, 4) is 6.07 Å². The minimum absolute atomic E-state index is 0.382. The van der Waals surface area contributed by atoms with Gasteiger partial charge in [-0.15, -0.1) is 0 Å². The fraction of sp³-hybridized carbons (Fsp3) is 0.900. The Bertz CT molecular complexity index is 185. The topological polar surface area (TPSA) is 39.1 Å². The summed E-state index contributed by atoms with van der Waals surface area (Å²) in [5.41, 5.74) is 0. The highest BCUT2D eigenvalue weighted by molar-refractivity contribution is 4.89. The summed E-state index contributed by atoms with van der Waals surface area (Å²) in [5, 5.41) is 12.0. The molecule has 0 amide bonds. The zero-order valence-corrected chi connectivity index (χ0v) is 8.58. The van der Waals surface area contributed by atoms with Gasteiger partial charge >= 0.3 is 0 Å². The zero-order valence-electron chi connectivity index (χ0n) is 8.58. The summed E-state index contributed by atoms with van der Waals surface area (Å²) in [6.07, 6.45) is 1.83. The van der Waals surface area contributed by atoms with E-state index in [4.69, 9.17) is 5.26 Å². The van der Waals surface area contributed by atoms with Gasteiger partial charge in [-0.05, 0) is 19.9 Å². The number of piperazine rings is 1. The van der Waals surface area contributed by atoms with E-state index in [9.17, 15) is 0 Å². The second kappa shape index (κ2) is 5.21. The van der Waals surface area contributed by atoms with E-state index in [-0.39, 0.29) is 0 Å². The van der Waals surface area contributed by atoms with Crippen LogP contribution in [0.15, 0.2) is 0 Å². The number of rotatable bonds is 3. The molecule has 74 valence electrons. The largest absolute Gasteiger partial charge is 0.310 e. The lowest BCUT2D eigenvalue weighted by atomic mass is 10.1. The lowest BCUT2D eigenvalue weighted by Gasteiger charge is -2.37. The van der Waals surface area contributed by atoms with Crippen molar-refractivity contribution in [3.05, 3.63) is 0 Å². The van der Waals surface area contributed by atoms with Gasteiger partial charge in [-0.25, -0.2) is 0 Å². The van der Waals surface area contributed by atoms with Gasteiger partial charge in [0.2, 0.25) is 0 Å². The molecule has 1 rings (SSSR count). The average Bonchev–Trinajstić information content (AvgIpc) is 2.12. The molecule has 1 N–H and O–H groups in total. The van der Waals surface area contributed by atoms with Crippen molar-refractivity contribution in [2.75, 3.05) is 19.6 Å². The van der Waals surface area contributed by atoms with E-state index in [2.05, 4.69) is 30.1 Å². The SMILES string of the molecule is CCCN1CC(CC#N)NCC1C. The van der Waals surface area contributed by atoms with E-state index in [1.165, 1.54) is 6.42 Å². The Labute approximate surface area is 80.7 Å². The fourth-order valence-electron chi connectivity index (χ4n) is 1.84. The summed E-state index contributed by atoms with van der Waals surface area (Å²) < 4.78 is 0. The molecule has 0 aromatic carbocycles. The van der Waals surface area contributed by atoms with E-state index in [1.54, 1.807) is 0 Å². The van der Waals surface area contributed by atoms with Crippen LogP contribution in [-0.2, 0) is 0 Å². The van der Waals surface area contributed by atoms with Crippen LogP contribution in [0, 0.1) is 11.3 Å². The fourth-order valence-corrected chi connectivity index (χ4v) is 1.84. The first-order chi connectivity index (χ1) is 6.27. The molecule has 2 unspecified atom stereocenters. The maximum Gasteiger partial charge on any atom is 0.0638 e. The highest BCUT2D eigenvalue weighted by atomic mass is 15.2. The Morgan fingerprint density at radius 1 is 1.62 bits per heavy atom. The van der Waals surface area contributed by atoms with E-state index < -0.39 is 0 Å². The van der Waals surface area contributed by atoms with Crippen LogP contribution in [0.4, 0.5) is 0 Å². The van der Waals surface area contributed by atoms with Gasteiger partial charge in [0.1, 0.15) is 0 Å². The minimum atomic E-state index is 0.382. The highest BCUT2D eigenvalue weighted by Gasteiger charge is 2.23. The minimum Gasteiger partial charge on any atom is -0.310 e. The summed E-state index contributed by atoms with van der Waals surface area (Å²) in [4.78, 5) is 2.47. The molecule has 1 heterocycles. The molecule has 0 spiro atoms. The molecule has 1 aliphatic rings. The van der Waals surface area contributed by atoms with E-state index in [1.807, 2.05) is 0 Å². The van der Waals surface area contributed by atoms with Gasteiger partial charge in [-0.1, -0.05) is 6.92 Å². The summed E-state index contributed by atoms with van der Waals surface area (Å²) in [6.45, 7) is 7.65. The third-order valence-electron chi connectivity index (χ3n) is 2.63. The molecule has 0 aromatic heterocycles.